The van der Waals surface area contributed by atoms with Crippen LogP contribution in [-0.4, -0.2) is 0 Å². The third-order valence-corrected chi connectivity index (χ3v) is 4.12. The van der Waals surface area contributed by atoms with Gasteiger partial charge in [0.15, 0.2) is 0 Å². The zero-order valence-corrected chi connectivity index (χ0v) is 12.2. The third kappa shape index (κ3) is 3.60. The molecule has 21 heavy (non-hydrogen) atoms. The maximum Gasteiger partial charge on any atom is 0.141 e. The molecule has 4 heteroatoms. The SMILES string of the molecule is Fc1ccc(C(NCc2ccc(F)c(Cl)c2)C2CC2)cc1. The summed E-state index contributed by atoms with van der Waals surface area (Å²) < 4.78 is 26.2. The number of hydrogen-bond donors (Lipinski definition) is 1. The molecule has 0 bridgehead atoms. The van der Waals surface area contributed by atoms with Gasteiger partial charge in [0, 0.05) is 12.6 Å². The minimum Gasteiger partial charge on any atom is -0.306 e. The van der Waals surface area contributed by atoms with Crippen LogP contribution in [0.4, 0.5) is 8.78 Å². The molecule has 0 aromatic heterocycles. The average Bonchev–Trinajstić information content (AvgIpc) is 3.29. The van der Waals surface area contributed by atoms with E-state index in [9.17, 15) is 8.78 Å². The first-order valence-corrected chi connectivity index (χ1v) is 7.44. The van der Waals surface area contributed by atoms with Crippen LogP contribution in [-0.2, 0) is 6.54 Å². The van der Waals surface area contributed by atoms with Crippen LogP contribution >= 0.6 is 11.6 Å². The lowest BCUT2D eigenvalue weighted by molar-refractivity contribution is 0.479. The molecule has 0 radical (unpaired) electrons. The molecule has 2 aromatic rings. The molecular formula is C17H16ClF2N. The first-order chi connectivity index (χ1) is 10.1. The second-order valence-electron chi connectivity index (χ2n) is 5.50. The predicted octanol–water partition coefficient (Wildman–Crippen LogP) is 4.86. The molecule has 3 rings (SSSR count). The number of nitrogens with one attached hydrogen (secondary N) is 1. The Hall–Kier alpha value is -1.45. The lowest BCUT2D eigenvalue weighted by Crippen LogP contribution is -2.22. The quantitative estimate of drug-likeness (QED) is 0.832. The Morgan fingerprint density at radius 3 is 2.43 bits per heavy atom. The fourth-order valence-corrected chi connectivity index (χ4v) is 2.74. The van der Waals surface area contributed by atoms with Gasteiger partial charge in [-0.05, 0) is 54.2 Å². The van der Waals surface area contributed by atoms with Crippen molar-refractivity contribution in [1.82, 2.24) is 5.32 Å². The van der Waals surface area contributed by atoms with Crippen LogP contribution in [0.1, 0.15) is 30.0 Å². The summed E-state index contributed by atoms with van der Waals surface area (Å²) in [5.74, 6) is -0.0392. The highest BCUT2D eigenvalue weighted by Gasteiger charge is 2.31. The summed E-state index contributed by atoms with van der Waals surface area (Å²) in [5, 5.41) is 3.61. The lowest BCUT2D eigenvalue weighted by Gasteiger charge is -2.19. The molecule has 1 aliphatic carbocycles. The third-order valence-electron chi connectivity index (χ3n) is 3.83. The van der Waals surface area contributed by atoms with Gasteiger partial charge in [0.2, 0.25) is 0 Å². The first-order valence-electron chi connectivity index (χ1n) is 7.06. The van der Waals surface area contributed by atoms with Crippen molar-refractivity contribution in [3.63, 3.8) is 0 Å². The Morgan fingerprint density at radius 2 is 1.81 bits per heavy atom. The second kappa shape index (κ2) is 6.12. The predicted molar refractivity (Wildman–Crippen MR) is 80.1 cm³/mol. The Morgan fingerprint density at radius 1 is 1.10 bits per heavy atom. The molecule has 1 nitrogen and oxygen atoms in total. The number of benzene rings is 2. The van der Waals surface area contributed by atoms with E-state index < -0.39 is 5.82 Å². The van der Waals surface area contributed by atoms with E-state index in [1.165, 1.54) is 31.0 Å². The molecule has 1 saturated carbocycles. The monoisotopic (exact) mass is 307 g/mol. The molecule has 0 spiro atoms. The van der Waals surface area contributed by atoms with Crippen molar-refractivity contribution < 1.29 is 8.78 Å². The number of hydrogen-bond acceptors (Lipinski definition) is 1. The number of halogens is 3. The highest BCUT2D eigenvalue weighted by Crippen LogP contribution is 2.41. The molecule has 0 amide bonds. The van der Waals surface area contributed by atoms with Gasteiger partial charge in [-0.3, -0.25) is 0 Å². The van der Waals surface area contributed by atoms with Crippen LogP contribution in [0.5, 0.6) is 0 Å². The summed E-state index contributed by atoms with van der Waals surface area (Å²) in [7, 11) is 0. The molecule has 1 N–H and O–H groups in total. The molecule has 2 aromatic carbocycles. The molecule has 1 aliphatic rings. The fourth-order valence-electron chi connectivity index (χ4n) is 2.53. The van der Waals surface area contributed by atoms with Crippen molar-refractivity contribution in [2.24, 2.45) is 5.92 Å². The average molecular weight is 308 g/mol. The van der Waals surface area contributed by atoms with Crippen LogP contribution in [0.15, 0.2) is 42.5 Å². The molecule has 1 atom stereocenters. The standard InChI is InChI=1S/C17H16ClF2N/c18-15-9-11(1-8-16(15)20)10-21-17(12-2-3-12)13-4-6-14(19)7-5-13/h1,4-9,12,17,21H,2-3,10H2. The van der Waals surface area contributed by atoms with E-state index >= 15 is 0 Å². The molecule has 0 heterocycles. The van der Waals surface area contributed by atoms with Crippen LogP contribution < -0.4 is 5.32 Å². The zero-order chi connectivity index (χ0) is 14.8. The molecular weight excluding hydrogens is 292 g/mol. The van der Waals surface area contributed by atoms with Gasteiger partial charge < -0.3 is 5.32 Å². The van der Waals surface area contributed by atoms with Crippen molar-refractivity contribution in [1.29, 1.82) is 0 Å². The molecule has 1 unspecified atom stereocenters. The summed E-state index contributed by atoms with van der Waals surface area (Å²) in [5.41, 5.74) is 2.03. The van der Waals surface area contributed by atoms with Gasteiger partial charge in [-0.2, -0.15) is 0 Å². The van der Waals surface area contributed by atoms with Crippen molar-refractivity contribution in [3.8, 4) is 0 Å². The van der Waals surface area contributed by atoms with E-state index in [0.717, 1.165) is 11.1 Å². The minimum absolute atomic E-state index is 0.138. The van der Waals surface area contributed by atoms with E-state index in [-0.39, 0.29) is 16.9 Å². The van der Waals surface area contributed by atoms with Crippen molar-refractivity contribution in [3.05, 3.63) is 70.2 Å². The summed E-state index contributed by atoms with van der Waals surface area (Å²) >= 11 is 5.79. The van der Waals surface area contributed by atoms with E-state index in [1.807, 2.05) is 12.1 Å². The normalized spacial score (nSPS) is 16.0. The summed E-state index contributed by atoms with van der Waals surface area (Å²) in [6.45, 7) is 0.610. The smallest absolute Gasteiger partial charge is 0.141 e. The van der Waals surface area contributed by atoms with Crippen molar-refractivity contribution in [2.75, 3.05) is 0 Å². The largest absolute Gasteiger partial charge is 0.306 e. The van der Waals surface area contributed by atoms with Crippen LogP contribution in [0.25, 0.3) is 0 Å². The molecule has 1 fully saturated rings. The first kappa shape index (κ1) is 14.5. The maximum absolute atomic E-state index is 13.2. The van der Waals surface area contributed by atoms with E-state index in [2.05, 4.69) is 5.32 Å². The number of rotatable bonds is 5. The topological polar surface area (TPSA) is 12.0 Å². The van der Waals surface area contributed by atoms with Crippen molar-refractivity contribution in [2.45, 2.75) is 25.4 Å². The Bertz CT molecular complexity index is 623. The summed E-state index contributed by atoms with van der Waals surface area (Å²) in [6.07, 6.45) is 2.36. The van der Waals surface area contributed by atoms with Gasteiger partial charge in [-0.15, -0.1) is 0 Å². The van der Waals surface area contributed by atoms with Gasteiger partial charge in [0.1, 0.15) is 11.6 Å². The molecule has 0 aliphatic heterocycles. The van der Waals surface area contributed by atoms with E-state index in [4.69, 9.17) is 11.6 Å². The Kier molecular flexibility index (Phi) is 4.22. The lowest BCUT2D eigenvalue weighted by atomic mass is 10.0. The van der Waals surface area contributed by atoms with E-state index in [0.29, 0.717) is 12.5 Å². The van der Waals surface area contributed by atoms with E-state index in [1.54, 1.807) is 12.1 Å². The molecule has 110 valence electrons. The minimum atomic E-state index is -0.405. The Labute approximate surface area is 127 Å². The van der Waals surface area contributed by atoms with Gasteiger partial charge >= 0.3 is 0 Å². The molecule has 0 saturated heterocycles. The van der Waals surface area contributed by atoms with Crippen molar-refractivity contribution >= 4 is 11.6 Å². The summed E-state index contributed by atoms with van der Waals surface area (Å²) in [4.78, 5) is 0. The van der Waals surface area contributed by atoms with Gasteiger partial charge in [0.05, 0.1) is 5.02 Å². The van der Waals surface area contributed by atoms with Crippen LogP contribution in [0.2, 0.25) is 5.02 Å². The van der Waals surface area contributed by atoms with Crippen LogP contribution in [0.3, 0.4) is 0 Å². The van der Waals surface area contributed by atoms with Crippen LogP contribution in [0, 0.1) is 17.6 Å². The van der Waals surface area contributed by atoms with Gasteiger partial charge in [-0.1, -0.05) is 29.8 Å². The maximum atomic E-state index is 13.2. The highest BCUT2D eigenvalue weighted by molar-refractivity contribution is 6.30. The summed E-state index contributed by atoms with van der Waals surface area (Å²) in [6, 6.07) is 11.6. The van der Waals surface area contributed by atoms with Gasteiger partial charge in [-0.25, -0.2) is 8.78 Å². The zero-order valence-electron chi connectivity index (χ0n) is 11.5. The highest BCUT2D eigenvalue weighted by atomic mass is 35.5. The second-order valence-corrected chi connectivity index (χ2v) is 5.90. The Balaban J connectivity index is 1.71. The fraction of sp³-hybridized carbons (Fsp3) is 0.294. The van der Waals surface area contributed by atoms with Gasteiger partial charge in [0.25, 0.3) is 0 Å².